The minimum absolute atomic E-state index is 0.0184. The first-order chi connectivity index (χ1) is 17.9. The number of piperidine rings is 1. The Bertz CT molecular complexity index is 1050. The van der Waals surface area contributed by atoms with Gasteiger partial charge in [-0.25, -0.2) is 0 Å². The standard InChI is InChI=1S/C29H38N4O4/c1-36-27(34)19-23-18-25(33(29(23)35)15-5-8-21-6-3-2-4-7-21)20-37-26-13-16-32(17-14-26)24-11-9-22(10-12-24)28(30)31/h2-4,6-7,9-12,23,25-26H,5,8,13-20H2,1H3,(H3,30,31)/t23-,25-/m0/s1. The van der Waals surface area contributed by atoms with Crippen LogP contribution in [0.15, 0.2) is 54.6 Å². The van der Waals surface area contributed by atoms with Crippen molar-refractivity contribution in [2.45, 2.75) is 50.7 Å². The molecule has 2 fully saturated rings. The molecule has 8 heteroatoms. The number of carbonyl (C=O) groups is 2. The van der Waals surface area contributed by atoms with Crippen LogP contribution >= 0.6 is 0 Å². The average molecular weight is 507 g/mol. The van der Waals surface area contributed by atoms with E-state index in [2.05, 4.69) is 17.0 Å². The largest absolute Gasteiger partial charge is 0.469 e. The van der Waals surface area contributed by atoms with Gasteiger partial charge in [-0.05, 0) is 61.9 Å². The van der Waals surface area contributed by atoms with E-state index in [0.717, 1.165) is 50.0 Å². The molecule has 2 aliphatic heterocycles. The Morgan fingerprint density at radius 2 is 1.78 bits per heavy atom. The van der Waals surface area contributed by atoms with Crippen LogP contribution in [0.2, 0.25) is 0 Å². The van der Waals surface area contributed by atoms with E-state index in [-0.39, 0.29) is 42.2 Å². The summed E-state index contributed by atoms with van der Waals surface area (Å²) in [7, 11) is 1.37. The minimum Gasteiger partial charge on any atom is -0.469 e. The van der Waals surface area contributed by atoms with Gasteiger partial charge >= 0.3 is 5.97 Å². The van der Waals surface area contributed by atoms with Crippen molar-refractivity contribution in [2.75, 3.05) is 38.3 Å². The minimum atomic E-state index is -0.340. The molecule has 4 rings (SSSR count). The van der Waals surface area contributed by atoms with Crippen LogP contribution in [0.1, 0.15) is 43.2 Å². The normalized spacial score (nSPS) is 20.3. The number of nitrogens with one attached hydrogen (secondary N) is 1. The number of nitrogens with two attached hydrogens (primary N) is 1. The molecule has 2 aromatic rings. The van der Waals surface area contributed by atoms with Crippen molar-refractivity contribution >= 4 is 23.4 Å². The van der Waals surface area contributed by atoms with E-state index >= 15 is 0 Å². The molecule has 0 bridgehead atoms. The number of benzene rings is 2. The van der Waals surface area contributed by atoms with Crippen molar-refractivity contribution in [3.63, 3.8) is 0 Å². The highest BCUT2D eigenvalue weighted by Crippen LogP contribution is 2.30. The quantitative estimate of drug-likeness (QED) is 0.275. The van der Waals surface area contributed by atoms with Gasteiger partial charge in [0, 0.05) is 30.9 Å². The first kappa shape index (κ1) is 26.7. The maximum Gasteiger partial charge on any atom is 0.306 e. The molecule has 0 aliphatic carbocycles. The number of ether oxygens (including phenoxy) is 2. The Balaban J connectivity index is 1.29. The monoisotopic (exact) mass is 506 g/mol. The Kier molecular flexibility index (Phi) is 9.17. The number of anilines is 1. The predicted octanol–water partition coefficient (Wildman–Crippen LogP) is 3.37. The number of rotatable bonds is 11. The number of carbonyl (C=O) groups excluding carboxylic acids is 2. The lowest BCUT2D eigenvalue weighted by Crippen LogP contribution is -2.41. The lowest BCUT2D eigenvalue weighted by molar-refractivity contribution is -0.145. The van der Waals surface area contributed by atoms with Crippen LogP contribution < -0.4 is 10.6 Å². The summed E-state index contributed by atoms with van der Waals surface area (Å²) < 4.78 is 11.2. The number of likely N-dealkylation sites (tertiary alicyclic amines) is 1. The lowest BCUT2D eigenvalue weighted by Gasteiger charge is -2.34. The van der Waals surface area contributed by atoms with Crippen molar-refractivity contribution in [3.05, 3.63) is 65.7 Å². The molecule has 2 aromatic carbocycles. The Morgan fingerprint density at radius 1 is 1.08 bits per heavy atom. The zero-order valence-corrected chi connectivity index (χ0v) is 21.6. The fraction of sp³-hybridized carbons (Fsp3) is 0.483. The third-order valence-electron chi connectivity index (χ3n) is 7.49. The van der Waals surface area contributed by atoms with Crippen LogP contribution in [0.3, 0.4) is 0 Å². The summed E-state index contributed by atoms with van der Waals surface area (Å²) in [6.45, 7) is 2.93. The van der Waals surface area contributed by atoms with Gasteiger partial charge in [-0.1, -0.05) is 30.3 Å². The average Bonchev–Trinajstić information content (AvgIpc) is 3.22. The number of nitrogen functional groups attached to an aromatic ring is 1. The third kappa shape index (κ3) is 7.10. The zero-order chi connectivity index (χ0) is 26.2. The molecular weight excluding hydrogens is 468 g/mol. The Hall–Kier alpha value is -3.39. The molecule has 3 N–H and O–H groups in total. The first-order valence-corrected chi connectivity index (χ1v) is 13.2. The van der Waals surface area contributed by atoms with E-state index in [4.69, 9.17) is 20.6 Å². The van der Waals surface area contributed by atoms with Crippen molar-refractivity contribution < 1.29 is 19.1 Å². The van der Waals surface area contributed by atoms with Gasteiger partial charge in [0.05, 0.1) is 38.2 Å². The van der Waals surface area contributed by atoms with Crippen molar-refractivity contribution in [1.29, 1.82) is 5.41 Å². The molecule has 0 radical (unpaired) electrons. The second-order valence-corrected chi connectivity index (χ2v) is 9.97. The number of amidine groups is 1. The molecular formula is C29H38N4O4. The van der Waals surface area contributed by atoms with Crippen molar-refractivity contribution in [3.8, 4) is 0 Å². The summed E-state index contributed by atoms with van der Waals surface area (Å²) in [5.41, 5.74) is 8.68. The van der Waals surface area contributed by atoms with E-state index in [9.17, 15) is 9.59 Å². The number of hydrogen-bond acceptors (Lipinski definition) is 6. The van der Waals surface area contributed by atoms with Crippen molar-refractivity contribution in [2.24, 2.45) is 11.7 Å². The Morgan fingerprint density at radius 3 is 2.43 bits per heavy atom. The second kappa shape index (κ2) is 12.7. The van der Waals surface area contributed by atoms with Crippen LogP contribution in [0, 0.1) is 11.3 Å². The Labute approximate surface area is 219 Å². The van der Waals surface area contributed by atoms with Crippen LogP contribution in [-0.4, -0.2) is 68.1 Å². The molecule has 2 saturated heterocycles. The smallest absolute Gasteiger partial charge is 0.306 e. The molecule has 2 heterocycles. The highest BCUT2D eigenvalue weighted by molar-refractivity contribution is 5.95. The lowest BCUT2D eigenvalue weighted by atomic mass is 10.0. The van der Waals surface area contributed by atoms with Gasteiger partial charge in [-0.2, -0.15) is 0 Å². The number of amides is 1. The molecule has 0 saturated carbocycles. The van der Waals surface area contributed by atoms with Gasteiger partial charge in [0.1, 0.15) is 5.84 Å². The summed E-state index contributed by atoms with van der Waals surface area (Å²) in [6.07, 6.45) is 4.50. The first-order valence-electron chi connectivity index (χ1n) is 13.2. The van der Waals surface area contributed by atoms with E-state index in [1.807, 2.05) is 47.4 Å². The molecule has 8 nitrogen and oxygen atoms in total. The van der Waals surface area contributed by atoms with Gasteiger partial charge in [0.2, 0.25) is 5.91 Å². The number of hydrogen-bond donors (Lipinski definition) is 2. The van der Waals surface area contributed by atoms with E-state index < -0.39 is 0 Å². The number of methoxy groups -OCH3 is 1. The zero-order valence-electron chi connectivity index (χ0n) is 21.6. The molecule has 0 unspecified atom stereocenters. The maximum atomic E-state index is 13.2. The number of nitrogens with zero attached hydrogens (tertiary/aromatic N) is 2. The molecule has 1 amide bonds. The molecule has 2 atom stereocenters. The summed E-state index contributed by atoms with van der Waals surface area (Å²) in [4.78, 5) is 29.3. The molecule has 37 heavy (non-hydrogen) atoms. The number of aryl methyl sites for hydroxylation is 1. The summed E-state index contributed by atoms with van der Waals surface area (Å²) >= 11 is 0. The fourth-order valence-corrected chi connectivity index (χ4v) is 5.35. The molecule has 0 spiro atoms. The number of esters is 1. The molecule has 2 aliphatic rings. The van der Waals surface area contributed by atoms with Gasteiger partial charge in [-0.15, -0.1) is 0 Å². The van der Waals surface area contributed by atoms with Gasteiger partial charge in [0.25, 0.3) is 0 Å². The summed E-state index contributed by atoms with van der Waals surface area (Å²) in [6, 6.07) is 18.1. The molecule has 0 aromatic heterocycles. The van der Waals surface area contributed by atoms with Crippen LogP contribution in [-0.2, 0) is 25.5 Å². The van der Waals surface area contributed by atoms with Gasteiger partial charge in [0.15, 0.2) is 0 Å². The maximum absolute atomic E-state index is 13.2. The van der Waals surface area contributed by atoms with Gasteiger partial charge < -0.3 is 25.0 Å². The van der Waals surface area contributed by atoms with E-state index in [0.29, 0.717) is 19.6 Å². The summed E-state index contributed by atoms with van der Waals surface area (Å²) in [5, 5.41) is 7.55. The van der Waals surface area contributed by atoms with Crippen LogP contribution in [0.4, 0.5) is 5.69 Å². The highest BCUT2D eigenvalue weighted by atomic mass is 16.5. The van der Waals surface area contributed by atoms with Crippen molar-refractivity contribution in [1.82, 2.24) is 4.90 Å². The SMILES string of the molecule is COC(=O)C[C@@H]1C[C@@H](COC2CCN(c3ccc(C(=N)N)cc3)CC2)N(CCCc2ccccc2)C1=O. The molecule has 198 valence electrons. The summed E-state index contributed by atoms with van der Waals surface area (Å²) in [5.74, 6) is -0.562. The van der Waals surface area contributed by atoms with Crippen LogP contribution in [0.25, 0.3) is 0 Å². The van der Waals surface area contributed by atoms with Crippen LogP contribution in [0.5, 0.6) is 0 Å². The van der Waals surface area contributed by atoms with Gasteiger partial charge in [-0.3, -0.25) is 15.0 Å². The van der Waals surface area contributed by atoms with E-state index in [1.165, 1.54) is 12.7 Å². The highest BCUT2D eigenvalue weighted by Gasteiger charge is 2.40. The second-order valence-electron chi connectivity index (χ2n) is 9.97. The third-order valence-corrected chi connectivity index (χ3v) is 7.49. The fourth-order valence-electron chi connectivity index (χ4n) is 5.35. The predicted molar refractivity (Wildman–Crippen MR) is 144 cm³/mol. The topological polar surface area (TPSA) is 109 Å². The van der Waals surface area contributed by atoms with E-state index in [1.54, 1.807) is 0 Å².